The zero-order valence-corrected chi connectivity index (χ0v) is 15.6. The highest BCUT2D eigenvalue weighted by molar-refractivity contribution is 6.05. The first kappa shape index (κ1) is 18.3. The van der Waals surface area contributed by atoms with Gasteiger partial charge in [-0.2, -0.15) is 0 Å². The fourth-order valence-electron chi connectivity index (χ4n) is 2.84. The van der Waals surface area contributed by atoms with Crippen LogP contribution in [-0.2, 0) is 4.79 Å². The van der Waals surface area contributed by atoms with Crippen LogP contribution >= 0.6 is 0 Å². The maximum atomic E-state index is 12.6. The quantitative estimate of drug-likeness (QED) is 0.613. The number of nitrogens with zero attached hydrogens (tertiary/aromatic N) is 1. The molecule has 1 aliphatic rings. The van der Waals surface area contributed by atoms with E-state index in [4.69, 9.17) is 9.47 Å². The Morgan fingerprint density at radius 1 is 0.897 bits per heavy atom. The first-order valence-corrected chi connectivity index (χ1v) is 8.88. The third kappa shape index (κ3) is 4.44. The maximum Gasteiger partial charge on any atom is 0.255 e. The van der Waals surface area contributed by atoms with Crippen LogP contribution in [0, 0.1) is 0 Å². The number of fused-ring (bicyclic) bond motifs is 1. The van der Waals surface area contributed by atoms with Gasteiger partial charge in [-0.15, -0.1) is 0 Å². The molecule has 146 valence electrons. The first-order chi connectivity index (χ1) is 14.1. The van der Waals surface area contributed by atoms with Crippen LogP contribution < -0.4 is 25.4 Å². The average molecular weight is 390 g/mol. The Morgan fingerprint density at radius 2 is 1.69 bits per heavy atom. The number of hydrogen-bond donors (Lipinski definition) is 3. The second-order valence-corrected chi connectivity index (χ2v) is 6.34. The van der Waals surface area contributed by atoms with Crippen LogP contribution in [0.3, 0.4) is 0 Å². The molecule has 0 unspecified atom stereocenters. The summed E-state index contributed by atoms with van der Waals surface area (Å²) in [4.78, 5) is 28.1. The number of nitrogens with one attached hydrogen (secondary N) is 3. The summed E-state index contributed by atoms with van der Waals surface area (Å²) < 4.78 is 10.7. The summed E-state index contributed by atoms with van der Waals surface area (Å²) in [6.07, 6.45) is 1.55. The minimum absolute atomic E-state index is 0.179. The Bertz CT molecular complexity index is 1080. The van der Waals surface area contributed by atoms with Gasteiger partial charge in [0.1, 0.15) is 5.82 Å². The summed E-state index contributed by atoms with van der Waals surface area (Å²) in [5.41, 5.74) is 2.38. The fraction of sp³-hybridized carbons (Fsp3) is 0.0952. The van der Waals surface area contributed by atoms with Crippen LogP contribution in [0.15, 0.2) is 60.8 Å². The number of benzene rings is 2. The predicted molar refractivity (Wildman–Crippen MR) is 109 cm³/mol. The molecule has 0 fully saturated rings. The zero-order valence-electron chi connectivity index (χ0n) is 15.6. The molecule has 0 saturated heterocycles. The van der Waals surface area contributed by atoms with Crippen molar-refractivity contribution in [2.24, 2.45) is 0 Å². The van der Waals surface area contributed by atoms with Crippen molar-refractivity contribution in [1.82, 2.24) is 4.98 Å². The van der Waals surface area contributed by atoms with E-state index in [1.54, 1.807) is 42.6 Å². The molecule has 3 N–H and O–H groups in total. The normalized spacial score (nSPS) is 11.6. The molecule has 1 aliphatic heterocycles. The van der Waals surface area contributed by atoms with Gasteiger partial charge in [0, 0.05) is 41.8 Å². The molecule has 4 rings (SSSR count). The largest absolute Gasteiger partial charge is 0.454 e. The third-order valence-electron chi connectivity index (χ3n) is 4.11. The molecule has 0 spiro atoms. The molecule has 8 heteroatoms. The summed E-state index contributed by atoms with van der Waals surface area (Å²) in [5.74, 6) is 1.40. The molecule has 0 bridgehead atoms. The van der Waals surface area contributed by atoms with E-state index in [-0.39, 0.29) is 18.6 Å². The predicted octanol–water partition coefficient (Wildman–Crippen LogP) is 3.76. The van der Waals surface area contributed by atoms with Gasteiger partial charge in [-0.1, -0.05) is 6.07 Å². The molecular weight excluding hydrogens is 372 g/mol. The smallest absolute Gasteiger partial charge is 0.255 e. The van der Waals surface area contributed by atoms with Crippen molar-refractivity contribution in [3.63, 3.8) is 0 Å². The van der Waals surface area contributed by atoms with E-state index in [0.29, 0.717) is 34.3 Å². The molecule has 2 heterocycles. The van der Waals surface area contributed by atoms with Gasteiger partial charge in [0.25, 0.3) is 5.91 Å². The minimum Gasteiger partial charge on any atom is -0.454 e. The van der Waals surface area contributed by atoms with Gasteiger partial charge in [-0.25, -0.2) is 4.98 Å². The van der Waals surface area contributed by atoms with Crippen molar-refractivity contribution in [2.75, 3.05) is 22.7 Å². The molecule has 0 saturated carbocycles. The van der Waals surface area contributed by atoms with Crippen LogP contribution in [-0.4, -0.2) is 23.6 Å². The summed E-state index contributed by atoms with van der Waals surface area (Å²) in [6.45, 7) is 1.63. The van der Waals surface area contributed by atoms with Gasteiger partial charge >= 0.3 is 0 Å². The fourth-order valence-corrected chi connectivity index (χ4v) is 2.84. The third-order valence-corrected chi connectivity index (χ3v) is 4.11. The molecule has 0 radical (unpaired) electrons. The van der Waals surface area contributed by atoms with E-state index in [9.17, 15) is 9.59 Å². The van der Waals surface area contributed by atoms with E-state index in [0.717, 1.165) is 5.69 Å². The van der Waals surface area contributed by atoms with Crippen LogP contribution in [0.5, 0.6) is 11.5 Å². The number of ether oxygens (including phenoxy) is 2. The number of amides is 2. The lowest BCUT2D eigenvalue weighted by molar-refractivity contribution is -0.114. The molecule has 0 atom stereocenters. The lowest BCUT2D eigenvalue weighted by atomic mass is 10.2. The van der Waals surface area contributed by atoms with Crippen molar-refractivity contribution in [3.8, 4) is 11.5 Å². The van der Waals surface area contributed by atoms with E-state index < -0.39 is 0 Å². The van der Waals surface area contributed by atoms with Gasteiger partial charge < -0.3 is 25.4 Å². The van der Waals surface area contributed by atoms with E-state index in [1.807, 2.05) is 18.2 Å². The Hall–Kier alpha value is -4.07. The van der Waals surface area contributed by atoms with Crippen molar-refractivity contribution in [1.29, 1.82) is 0 Å². The highest BCUT2D eigenvalue weighted by Crippen LogP contribution is 2.34. The Kier molecular flexibility index (Phi) is 4.98. The first-order valence-electron chi connectivity index (χ1n) is 8.88. The topological polar surface area (TPSA) is 102 Å². The number of pyridine rings is 1. The zero-order chi connectivity index (χ0) is 20.2. The molecule has 29 heavy (non-hydrogen) atoms. The number of carbonyl (C=O) groups excluding carboxylic acids is 2. The average Bonchev–Trinajstić information content (AvgIpc) is 3.16. The molecule has 8 nitrogen and oxygen atoms in total. The SMILES string of the molecule is CC(=O)Nc1cccc(NC(=O)c2ccnc(Nc3ccc4c(c3)OCO4)c2)c1. The molecule has 2 amide bonds. The highest BCUT2D eigenvalue weighted by atomic mass is 16.7. The number of carbonyl (C=O) groups is 2. The Labute approximate surface area is 166 Å². The van der Waals surface area contributed by atoms with E-state index in [2.05, 4.69) is 20.9 Å². The minimum atomic E-state index is -0.291. The van der Waals surface area contributed by atoms with E-state index >= 15 is 0 Å². The van der Waals surface area contributed by atoms with E-state index in [1.165, 1.54) is 6.92 Å². The van der Waals surface area contributed by atoms with Crippen molar-refractivity contribution < 1.29 is 19.1 Å². The number of anilines is 4. The van der Waals surface area contributed by atoms with Crippen LogP contribution in [0.4, 0.5) is 22.9 Å². The summed E-state index contributed by atoms with van der Waals surface area (Å²) in [5, 5.41) is 8.65. The number of hydrogen-bond acceptors (Lipinski definition) is 6. The standard InChI is InChI=1S/C21H18N4O4/c1-13(26)23-15-3-2-4-16(10-15)25-21(27)14-7-8-22-20(9-14)24-17-5-6-18-19(11-17)29-12-28-18/h2-11H,12H2,1H3,(H,22,24)(H,23,26)(H,25,27). The highest BCUT2D eigenvalue weighted by Gasteiger charge is 2.14. The summed E-state index contributed by atoms with van der Waals surface area (Å²) in [6, 6.07) is 15.7. The van der Waals surface area contributed by atoms with Crippen molar-refractivity contribution in [2.45, 2.75) is 6.92 Å². The van der Waals surface area contributed by atoms with Crippen LogP contribution in [0.25, 0.3) is 0 Å². The van der Waals surface area contributed by atoms with Crippen LogP contribution in [0.1, 0.15) is 17.3 Å². The van der Waals surface area contributed by atoms with Gasteiger partial charge in [-0.05, 0) is 42.5 Å². The summed E-state index contributed by atoms with van der Waals surface area (Å²) in [7, 11) is 0. The lowest BCUT2D eigenvalue weighted by Gasteiger charge is -2.10. The van der Waals surface area contributed by atoms with Gasteiger partial charge in [0.15, 0.2) is 11.5 Å². The molecular formula is C21H18N4O4. The van der Waals surface area contributed by atoms with Gasteiger partial charge in [0.2, 0.25) is 12.7 Å². The molecule has 0 aliphatic carbocycles. The Morgan fingerprint density at radius 3 is 2.52 bits per heavy atom. The number of rotatable bonds is 5. The van der Waals surface area contributed by atoms with Crippen LogP contribution in [0.2, 0.25) is 0 Å². The summed E-state index contributed by atoms with van der Waals surface area (Å²) >= 11 is 0. The van der Waals surface area contributed by atoms with Gasteiger partial charge in [0.05, 0.1) is 0 Å². The molecule has 1 aromatic heterocycles. The maximum absolute atomic E-state index is 12.6. The number of aromatic nitrogens is 1. The lowest BCUT2D eigenvalue weighted by Crippen LogP contribution is -2.13. The molecule has 3 aromatic rings. The monoisotopic (exact) mass is 390 g/mol. The molecule has 2 aromatic carbocycles. The van der Waals surface area contributed by atoms with Gasteiger partial charge in [-0.3, -0.25) is 9.59 Å². The van der Waals surface area contributed by atoms with Crippen molar-refractivity contribution in [3.05, 3.63) is 66.4 Å². The Balaban J connectivity index is 1.47. The second-order valence-electron chi connectivity index (χ2n) is 6.34. The van der Waals surface area contributed by atoms with Crippen molar-refractivity contribution >= 4 is 34.7 Å². The second kappa shape index (κ2) is 7.89.